The second kappa shape index (κ2) is 8.56. The molecule has 5 heteroatoms. The van der Waals surface area contributed by atoms with E-state index < -0.39 is 11.8 Å². The molecule has 1 aromatic carbocycles. The maximum absolute atomic E-state index is 12.0. The minimum Gasteiger partial charge on any atom is -0.496 e. The number of benzene rings is 1. The van der Waals surface area contributed by atoms with Crippen LogP contribution in [0.5, 0.6) is 5.75 Å². The van der Waals surface area contributed by atoms with E-state index in [4.69, 9.17) is 4.74 Å². The maximum Gasteiger partial charge on any atom is 0.309 e. The second-order valence-corrected chi connectivity index (χ2v) is 6.09. The third-order valence-corrected chi connectivity index (χ3v) is 4.60. The topological polar surface area (TPSA) is 67.4 Å². The van der Waals surface area contributed by atoms with E-state index in [1.54, 1.807) is 7.11 Å². The number of hydrogen-bond acceptors (Lipinski definition) is 3. The fraction of sp³-hybridized carbons (Fsp3) is 0.556. The monoisotopic (exact) mass is 318 g/mol. The van der Waals surface area contributed by atoms with Crippen LogP contribution in [0.3, 0.4) is 0 Å². The van der Waals surface area contributed by atoms with Crippen molar-refractivity contribution in [2.24, 2.45) is 5.92 Å². The van der Waals surface area contributed by atoms with Gasteiger partial charge in [0, 0.05) is 18.2 Å². The number of amides is 2. The first kappa shape index (κ1) is 17.3. The summed E-state index contributed by atoms with van der Waals surface area (Å²) in [4.78, 5) is 23.9. The molecule has 5 nitrogen and oxygen atoms in total. The highest BCUT2D eigenvalue weighted by Gasteiger charge is 2.23. The van der Waals surface area contributed by atoms with Crippen molar-refractivity contribution in [1.82, 2.24) is 10.6 Å². The summed E-state index contributed by atoms with van der Waals surface area (Å²) >= 11 is 0. The highest BCUT2D eigenvalue weighted by Crippen LogP contribution is 2.26. The Labute approximate surface area is 137 Å². The van der Waals surface area contributed by atoms with Crippen molar-refractivity contribution >= 4 is 11.8 Å². The minimum atomic E-state index is -0.589. The van der Waals surface area contributed by atoms with E-state index in [1.807, 2.05) is 24.3 Å². The Morgan fingerprint density at radius 3 is 2.48 bits per heavy atom. The van der Waals surface area contributed by atoms with Gasteiger partial charge in [-0.05, 0) is 37.7 Å². The van der Waals surface area contributed by atoms with Gasteiger partial charge in [0.25, 0.3) is 0 Å². The number of hydrogen-bond donors (Lipinski definition) is 2. The number of ether oxygens (including phenoxy) is 1. The molecule has 0 spiro atoms. The quantitative estimate of drug-likeness (QED) is 0.819. The summed E-state index contributed by atoms with van der Waals surface area (Å²) in [6.45, 7) is 2.48. The van der Waals surface area contributed by atoms with E-state index >= 15 is 0 Å². The van der Waals surface area contributed by atoms with E-state index in [2.05, 4.69) is 17.6 Å². The smallest absolute Gasteiger partial charge is 0.309 e. The zero-order chi connectivity index (χ0) is 16.7. The van der Waals surface area contributed by atoms with E-state index in [1.165, 1.54) is 6.42 Å². The molecule has 1 aromatic rings. The molecule has 0 radical (unpaired) electrons. The molecule has 2 N–H and O–H groups in total. The average Bonchev–Trinajstić information content (AvgIpc) is 2.60. The normalized spacial score (nSPS) is 20.6. The van der Waals surface area contributed by atoms with Gasteiger partial charge in [-0.15, -0.1) is 0 Å². The summed E-state index contributed by atoms with van der Waals surface area (Å²) in [5.74, 6) is 0.335. The van der Waals surface area contributed by atoms with Gasteiger partial charge in [-0.3, -0.25) is 9.59 Å². The fourth-order valence-corrected chi connectivity index (χ4v) is 3.07. The van der Waals surface area contributed by atoms with Crippen molar-refractivity contribution < 1.29 is 14.3 Å². The van der Waals surface area contributed by atoms with Crippen LogP contribution in [-0.2, 0) is 16.1 Å². The van der Waals surface area contributed by atoms with Crippen LogP contribution in [0.15, 0.2) is 24.3 Å². The van der Waals surface area contributed by atoms with Gasteiger partial charge in [0.05, 0.1) is 7.11 Å². The molecule has 0 aromatic heterocycles. The molecule has 0 aliphatic heterocycles. The van der Waals surface area contributed by atoms with Crippen molar-refractivity contribution in [3.63, 3.8) is 0 Å². The second-order valence-electron chi connectivity index (χ2n) is 6.09. The Bertz CT molecular complexity index is 537. The van der Waals surface area contributed by atoms with Gasteiger partial charge in [-0.25, -0.2) is 0 Å². The van der Waals surface area contributed by atoms with E-state index in [-0.39, 0.29) is 12.6 Å². The molecule has 0 unspecified atom stereocenters. The molecule has 0 atom stereocenters. The number of para-hydroxylation sites is 1. The Morgan fingerprint density at radius 1 is 1.13 bits per heavy atom. The summed E-state index contributed by atoms with van der Waals surface area (Å²) < 4.78 is 5.23. The third-order valence-electron chi connectivity index (χ3n) is 4.60. The lowest BCUT2D eigenvalue weighted by Crippen LogP contribution is -2.45. The van der Waals surface area contributed by atoms with Gasteiger partial charge in [0.2, 0.25) is 0 Å². The molecular formula is C18H26N2O3. The molecule has 2 rings (SSSR count). The number of methoxy groups -OCH3 is 1. The molecule has 1 aliphatic carbocycles. The molecule has 1 fully saturated rings. The number of carbonyl (C=O) groups excluding carboxylic acids is 2. The Balaban J connectivity index is 1.78. The standard InChI is InChI=1S/C18H26N2O3/c1-3-13-8-10-15(11-9-13)20-18(22)17(21)19-12-14-6-4-5-7-16(14)23-2/h4-7,13,15H,3,8-12H2,1-2H3,(H,19,21)(H,20,22). The van der Waals surface area contributed by atoms with E-state index in [9.17, 15) is 9.59 Å². The lowest BCUT2D eigenvalue weighted by atomic mass is 9.84. The van der Waals surface area contributed by atoms with Crippen LogP contribution >= 0.6 is 0 Å². The Hall–Kier alpha value is -2.04. The number of carbonyl (C=O) groups is 2. The minimum absolute atomic E-state index is 0.127. The first-order valence-corrected chi connectivity index (χ1v) is 8.34. The van der Waals surface area contributed by atoms with Crippen LogP contribution in [0, 0.1) is 5.92 Å². The summed E-state index contributed by atoms with van der Waals surface area (Å²) in [5.41, 5.74) is 0.847. The van der Waals surface area contributed by atoms with Crippen molar-refractivity contribution in [3.8, 4) is 5.75 Å². The van der Waals surface area contributed by atoms with Crippen LogP contribution in [0.25, 0.3) is 0 Å². The predicted octanol–water partition coefficient (Wildman–Crippen LogP) is 2.40. The Morgan fingerprint density at radius 2 is 1.83 bits per heavy atom. The van der Waals surface area contributed by atoms with Crippen molar-refractivity contribution in [2.75, 3.05) is 7.11 Å². The Kier molecular flexibility index (Phi) is 6.44. The van der Waals surface area contributed by atoms with Gasteiger partial charge in [-0.2, -0.15) is 0 Å². The van der Waals surface area contributed by atoms with Gasteiger partial charge in [-0.1, -0.05) is 31.5 Å². The summed E-state index contributed by atoms with van der Waals surface area (Å²) in [5, 5.41) is 5.50. The molecule has 0 saturated heterocycles. The SMILES string of the molecule is CCC1CCC(NC(=O)C(=O)NCc2ccccc2OC)CC1. The van der Waals surface area contributed by atoms with Gasteiger partial charge in [0.15, 0.2) is 0 Å². The molecular weight excluding hydrogens is 292 g/mol. The van der Waals surface area contributed by atoms with E-state index in [0.717, 1.165) is 37.2 Å². The van der Waals surface area contributed by atoms with Crippen molar-refractivity contribution in [1.29, 1.82) is 0 Å². The van der Waals surface area contributed by atoms with Crippen LogP contribution in [0.2, 0.25) is 0 Å². The van der Waals surface area contributed by atoms with E-state index in [0.29, 0.717) is 5.75 Å². The van der Waals surface area contributed by atoms with Crippen LogP contribution in [0.4, 0.5) is 0 Å². The highest BCUT2D eigenvalue weighted by molar-refractivity contribution is 6.35. The van der Waals surface area contributed by atoms with Crippen LogP contribution < -0.4 is 15.4 Å². The fourth-order valence-electron chi connectivity index (χ4n) is 3.07. The van der Waals surface area contributed by atoms with Crippen molar-refractivity contribution in [3.05, 3.63) is 29.8 Å². The highest BCUT2D eigenvalue weighted by atomic mass is 16.5. The lowest BCUT2D eigenvalue weighted by molar-refractivity contribution is -0.139. The zero-order valence-electron chi connectivity index (χ0n) is 13.9. The summed E-state index contributed by atoms with van der Waals surface area (Å²) in [6.07, 6.45) is 5.38. The van der Waals surface area contributed by atoms with Gasteiger partial charge >= 0.3 is 11.8 Å². The predicted molar refractivity (Wildman–Crippen MR) is 89.0 cm³/mol. The number of rotatable bonds is 5. The first-order valence-electron chi connectivity index (χ1n) is 8.34. The zero-order valence-corrected chi connectivity index (χ0v) is 13.9. The molecule has 2 amide bonds. The third kappa shape index (κ3) is 4.98. The summed E-state index contributed by atoms with van der Waals surface area (Å²) in [7, 11) is 1.58. The average molecular weight is 318 g/mol. The van der Waals surface area contributed by atoms with Gasteiger partial charge in [0.1, 0.15) is 5.75 Å². The molecule has 1 aliphatic rings. The molecule has 126 valence electrons. The molecule has 1 saturated carbocycles. The molecule has 23 heavy (non-hydrogen) atoms. The van der Waals surface area contributed by atoms with Crippen LogP contribution in [-0.4, -0.2) is 25.0 Å². The van der Waals surface area contributed by atoms with Crippen molar-refractivity contribution in [2.45, 2.75) is 51.6 Å². The maximum atomic E-state index is 12.0. The first-order chi connectivity index (χ1) is 11.1. The largest absolute Gasteiger partial charge is 0.496 e. The molecule has 0 bridgehead atoms. The lowest BCUT2D eigenvalue weighted by Gasteiger charge is -2.28. The van der Waals surface area contributed by atoms with Crippen LogP contribution in [0.1, 0.15) is 44.6 Å². The summed E-state index contributed by atoms with van der Waals surface area (Å²) in [6, 6.07) is 7.55. The number of nitrogens with one attached hydrogen (secondary N) is 2. The van der Waals surface area contributed by atoms with Gasteiger partial charge < -0.3 is 15.4 Å². The molecule has 0 heterocycles.